The van der Waals surface area contributed by atoms with Gasteiger partial charge in [0.15, 0.2) is 5.82 Å². The van der Waals surface area contributed by atoms with Crippen LogP contribution in [0.25, 0.3) is 17.1 Å². The molecule has 0 unspecified atom stereocenters. The molecule has 0 atom stereocenters. The van der Waals surface area contributed by atoms with Crippen molar-refractivity contribution in [1.29, 1.82) is 0 Å². The molecule has 28 heavy (non-hydrogen) atoms. The Labute approximate surface area is 165 Å². The Morgan fingerprint density at radius 2 is 1.64 bits per heavy atom. The molecule has 1 saturated heterocycles. The van der Waals surface area contributed by atoms with Crippen LogP contribution in [0.15, 0.2) is 54.6 Å². The number of aryl methyl sites for hydroxylation is 1. The molecular formula is C22H25N5O. The molecule has 144 valence electrons. The molecule has 2 aromatic carbocycles. The lowest BCUT2D eigenvalue weighted by molar-refractivity contribution is 0.0631. The smallest absolute Gasteiger partial charge is 0.293 e. The summed E-state index contributed by atoms with van der Waals surface area (Å²) in [5.41, 5.74) is 3.01. The Balaban J connectivity index is 1.69. The third kappa shape index (κ3) is 3.68. The topological polar surface area (TPSA) is 54.3 Å². The number of piperazine rings is 1. The number of hydrogen-bond acceptors (Lipinski definition) is 4. The van der Waals surface area contributed by atoms with E-state index in [1.54, 1.807) is 4.68 Å². The van der Waals surface area contributed by atoms with Crippen LogP contribution in [0.5, 0.6) is 0 Å². The summed E-state index contributed by atoms with van der Waals surface area (Å²) in [7, 11) is 0. The van der Waals surface area contributed by atoms with Crippen LogP contribution in [0.2, 0.25) is 0 Å². The highest BCUT2D eigenvalue weighted by atomic mass is 16.2. The lowest BCUT2D eigenvalue weighted by atomic mass is 10.2. The van der Waals surface area contributed by atoms with Crippen molar-refractivity contribution in [2.45, 2.75) is 13.8 Å². The van der Waals surface area contributed by atoms with Gasteiger partial charge in [0, 0.05) is 31.7 Å². The maximum atomic E-state index is 13.0. The lowest BCUT2D eigenvalue weighted by Gasteiger charge is -2.33. The molecule has 2 heterocycles. The second-order valence-electron chi connectivity index (χ2n) is 7.10. The maximum Gasteiger partial charge on any atom is 0.293 e. The van der Waals surface area contributed by atoms with Gasteiger partial charge in [-0.1, -0.05) is 55.0 Å². The van der Waals surface area contributed by atoms with Crippen molar-refractivity contribution in [3.8, 4) is 17.1 Å². The van der Waals surface area contributed by atoms with E-state index in [-0.39, 0.29) is 11.7 Å². The van der Waals surface area contributed by atoms with Crippen molar-refractivity contribution in [2.75, 3.05) is 32.7 Å². The summed E-state index contributed by atoms with van der Waals surface area (Å²) in [4.78, 5) is 21.9. The third-order valence-electron chi connectivity index (χ3n) is 5.22. The van der Waals surface area contributed by atoms with Gasteiger partial charge in [-0.05, 0) is 25.6 Å². The summed E-state index contributed by atoms with van der Waals surface area (Å²) in [5, 5.41) is 4.60. The Kier molecular flexibility index (Phi) is 5.21. The normalized spacial score (nSPS) is 15.0. The number of carbonyl (C=O) groups is 1. The average Bonchev–Trinajstić information content (AvgIpc) is 3.20. The second kappa shape index (κ2) is 7.94. The van der Waals surface area contributed by atoms with Crippen molar-refractivity contribution >= 4 is 5.91 Å². The van der Waals surface area contributed by atoms with E-state index >= 15 is 0 Å². The molecule has 1 amide bonds. The first-order valence-electron chi connectivity index (χ1n) is 9.77. The van der Waals surface area contributed by atoms with Gasteiger partial charge in [-0.3, -0.25) is 4.79 Å². The molecule has 6 heteroatoms. The molecule has 1 aliphatic heterocycles. The number of likely N-dealkylation sites (N-methyl/N-ethyl adjacent to an activating group) is 1. The SMILES string of the molecule is CCN1CCN(C(=O)c2nc(-c3ccccc3)n(-c3ccc(C)cc3)n2)CC1. The highest BCUT2D eigenvalue weighted by Crippen LogP contribution is 2.22. The van der Waals surface area contributed by atoms with Gasteiger partial charge in [-0.25, -0.2) is 9.67 Å². The molecule has 4 rings (SSSR count). The van der Waals surface area contributed by atoms with E-state index in [4.69, 9.17) is 0 Å². The highest BCUT2D eigenvalue weighted by Gasteiger charge is 2.26. The van der Waals surface area contributed by atoms with Gasteiger partial charge in [-0.2, -0.15) is 0 Å². The van der Waals surface area contributed by atoms with E-state index < -0.39 is 0 Å². The maximum absolute atomic E-state index is 13.0. The van der Waals surface area contributed by atoms with Crippen LogP contribution in [0, 0.1) is 6.92 Å². The standard InChI is InChI=1S/C22H25N5O/c1-3-25-13-15-26(16-14-25)22(28)20-23-21(18-7-5-4-6-8-18)27(24-20)19-11-9-17(2)10-12-19/h4-12H,3,13-16H2,1-2H3. The summed E-state index contributed by atoms with van der Waals surface area (Å²) >= 11 is 0. The van der Waals surface area contributed by atoms with Crippen LogP contribution < -0.4 is 0 Å². The van der Waals surface area contributed by atoms with E-state index in [0.717, 1.165) is 30.9 Å². The van der Waals surface area contributed by atoms with E-state index in [0.29, 0.717) is 18.9 Å². The summed E-state index contributed by atoms with van der Waals surface area (Å²) < 4.78 is 1.77. The zero-order valence-electron chi connectivity index (χ0n) is 16.4. The number of nitrogens with zero attached hydrogens (tertiary/aromatic N) is 5. The molecule has 0 N–H and O–H groups in total. The molecular weight excluding hydrogens is 350 g/mol. The Bertz CT molecular complexity index is 941. The van der Waals surface area contributed by atoms with Crippen LogP contribution in [0.4, 0.5) is 0 Å². The number of rotatable bonds is 4. The first-order chi connectivity index (χ1) is 13.7. The molecule has 3 aromatic rings. The summed E-state index contributed by atoms with van der Waals surface area (Å²) in [6.45, 7) is 8.43. The minimum atomic E-state index is -0.0983. The quantitative estimate of drug-likeness (QED) is 0.703. The number of carbonyl (C=O) groups excluding carboxylic acids is 1. The molecule has 6 nitrogen and oxygen atoms in total. The van der Waals surface area contributed by atoms with Crippen LogP contribution in [-0.4, -0.2) is 63.2 Å². The van der Waals surface area contributed by atoms with Gasteiger partial charge >= 0.3 is 0 Å². The van der Waals surface area contributed by atoms with Crippen molar-refractivity contribution in [3.05, 3.63) is 66.0 Å². The number of amides is 1. The molecule has 0 aliphatic carbocycles. The van der Waals surface area contributed by atoms with Gasteiger partial charge in [-0.15, -0.1) is 5.10 Å². The van der Waals surface area contributed by atoms with Gasteiger partial charge < -0.3 is 9.80 Å². The predicted molar refractivity (Wildman–Crippen MR) is 110 cm³/mol. The van der Waals surface area contributed by atoms with Crippen molar-refractivity contribution in [2.24, 2.45) is 0 Å². The van der Waals surface area contributed by atoms with Crippen LogP contribution in [0.1, 0.15) is 23.1 Å². The molecule has 1 aliphatic rings. The Morgan fingerprint density at radius 1 is 0.964 bits per heavy atom. The largest absolute Gasteiger partial charge is 0.333 e. The number of hydrogen-bond donors (Lipinski definition) is 0. The van der Waals surface area contributed by atoms with Gasteiger partial charge in [0.2, 0.25) is 5.82 Å². The Hall–Kier alpha value is -2.99. The van der Waals surface area contributed by atoms with E-state index in [1.807, 2.05) is 66.4 Å². The van der Waals surface area contributed by atoms with E-state index in [1.165, 1.54) is 5.56 Å². The van der Waals surface area contributed by atoms with Gasteiger partial charge in [0.25, 0.3) is 5.91 Å². The first kappa shape index (κ1) is 18.4. The zero-order chi connectivity index (χ0) is 19.5. The molecule has 0 spiro atoms. The van der Waals surface area contributed by atoms with Crippen molar-refractivity contribution < 1.29 is 4.79 Å². The number of aromatic nitrogens is 3. The van der Waals surface area contributed by atoms with Crippen molar-refractivity contribution in [1.82, 2.24) is 24.6 Å². The molecule has 0 bridgehead atoms. The summed E-state index contributed by atoms with van der Waals surface area (Å²) in [6, 6.07) is 18.0. The summed E-state index contributed by atoms with van der Waals surface area (Å²) in [6.07, 6.45) is 0. The van der Waals surface area contributed by atoms with Gasteiger partial charge in [0.05, 0.1) is 5.69 Å². The van der Waals surface area contributed by atoms with Crippen molar-refractivity contribution in [3.63, 3.8) is 0 Å². The fraction of sp³-hybridized carbons (Fsp3) is 0.318. The molecule has 1 aromatic heterocycles. The number of benzene rings is 2. The summed E-state index contributed by atoms with van der Waals surface area (Å²) in [5.74, 6) is 0.836. The zero-order valence-corrected chi connectivity index (χ0v) is 16.4. The van der Waals surface area contributed by atoms with E-state index in [2.05, 4.69) is 21.9 Å². The molecule has 0 radical (unpaired) electrons. The predicted octanol–water partition coefficient (Wildman–Crippen LogP) is 3.02. The van der Waals surface area contributed by atoms with E-state index in [9.17, 15) is 4.79 Å². The monoisotopic (exact) mass is 375 g/mol. The lowest BCUT2D eigenvalue weighted by Crippen LogP contribution is -2.48. The Morgan fingerprint density at radius 3 is 2.29 bits per heavy atom. The minimum absolute atomic E-state index is 0.0983. The minimum Gasteiger partial charge on any atom is -0.333 e. The molecule has 0 saturated carbocycles. The second-order valence-corrected chi connectivity index (χ2v) is 7.10. The average molecular weight is 375 g/mol. The van der Waals surface area contributed by atoms with Crippen LogP contribution in [-0.2, 0) is 0 Å². The fourth-order valence-electron chi connectivity index (χ4n) is 3.45. The third-order valence-corrected chi connectivity index (χ3v) is 5.22. The molecule has 1 fully saturated rings. The first-order valence-corrected chi connectivity index (χ1v) is 9.77. The fourth-order valence-corrected chi connectivity index (χ4v) is 3.45. The van der Waals surface area contributed by atoms with Crippen LogP contribution >= 0.6 is 0 Å². The highest BCUT2D eigenvalue weighted by molar-refractivity contribution is 5.91. The van der Waals surface area contributed by atoms with Crippen LogP contribution in [0.3, 0.4) is 0 Å². The van der Waals surface area contributed by atoms with Gasteiger partial charge in [0.1, 0.15) is 0 Å².